The number of benzene rings is 1. The lowest BCUT2D eigenvalue weighted by molar-refractivity contribution is -0.129. The summed E-state index contributed by atoms with van der Waals surface area (Å²) in [5.74, 6) is 0.0685. The van der Waals surface area contributed by atoms with E-state index in [-0.39, 0.29) is 5.91 Å². The van der Waals surface area contributed by atoms with E-state index < -0.39 is 0 Å². The van der Waals surface area contributed by atoms with Gasteiger partial charge in [-0.1, -0.05) is 12.1 Å². The molecule has 1 rings (SSSR count). The van der Waals surface area contributed by atoms with Gasteiger partial charge < -0.3 is 10.6 Å². The van der Waals surface area contributed by atoms with E-state index >= 15 is 0 Å². The topological polar surface area (TPSA) is 46.3 Å². The van der Waals surface area contributed by atoms with Crippen molar-refractivity contribution in [1.82, 2.24) is 4.90 Å². The third-order valence-corrected chi connectivity index (χ3v) is 2.85. The molecule has 0 aliphatic rings. The molecule has 1 aromatic rings. The number of hydrogen-bond donors (Lipinski definition) is 1. The molecule has 3 nitrogen and oxygen atoms in total. The molecule has 15 heavy (non-hydrogen) atoms. The van der Waals surface area contributed by atoms with Gasteiger partial charge in [-0.15, -0.1) is 0 Å². The van der Waals surface area contributed by atoms with Gasteiger partial charge in [0.25, 0.3) is 0 Å². The number of halogens is 1. The molecule has 0 heterocycles. The Kier molecular flexibility index (Phi) is 5.04. The highest BCUT2D eigenvalue weighted by atomic mass is 127. The molecule has 0 aliphatic heterocycles. The molecule has 0 saturated carbocycles. The molecular weight excluding hydrogens is 303 g/mol. The number of carbonyl (C=O) groups is 1. The van der Waals surface area contributed by atoms with E-state index in [1.54, 1.807) is 11.8 Å². The highest BCUT2D eigenvalue weighted by Gasteiger charge is 2.07. The van der Waals surface area contributed by atoms with Gasteiger partial charge in [0, 0.05) is 30.1 Å². The molecule has 0 saturated heterocycles. The Morgan fingerprint density at radius 1 is 1.40 bits per heavy atom. The van der Waals surface area contributed by atoms with Crippen LogP contribution in [0.1, 0.15) is 12.5 Å². The summed E-state index contributed by atoms with van der Waals surface area (Å²) >= 11 is 2.26. The summed E-state index contributed by atoms with van der Waals surface area (Å²) in [5.41, 5.74) is 6.59. The fourth-order valence-electron chi connectivity index (χ4n) is 1.31. The number of rotatable bonds is 4. The van der Waals surface area contributed by atoms with E-state index in [1.165, 1.54) is 3.57 Å². The van der Waals surface area contributed by atoms with Crippen molar-refractivity contribution in [2.24, 2.45) is 5.73 Å². The van der Waals surface area contributed by atoms with Crippen molar-refractivity contribution in [2.45, 2.75) is 13.5 Å². The highest BCUT2D eigenvalue weighted by molar-refractivity contribution is 14.1. The predicted octanol–water partition coefficient (Wildman–Crippen LogP) is 1.60. The summed E-state index contributed by atoms with van der Waals surface area (Å²) in [6, 6.07) is 8.15. The van der Waals surface area contributed by atoms with E-state index in [9.17, 15) is 4.79 Å². The van der Waals surface area contributed by atoms with Crippen molar-refractivity contribution >= 4 is 28.5 Å². The average molecular weight is 318 g/mol. The second-order valence-electron chi connectivity index (χ2n) is 3.36. The van der Waals surface area contributed by atoms with Crippen molar-refractivity contribution in [3.8, 4) is 0 Å². The van der Waals surface area contributed by atoms with Crippen molar-refractivity contribution < 1.29 is 4.79 Å². The van der Waals surface area contributed by atoms with E-state index in [0.717, 1.165) is 5.56 Å². The molecule has 0 spiro atoms. The number of nitrogens with zero attached hydrogens (tertiary/aromatic N) is 1. The first-order valence-electron chi connectivity index (χ1n) is 4.83. The minimum atomic E-state index is 0.0685. The Labute approximate surface area is 104 Å². The number of carbonyl (C=O) groups excluding carboxylic acids is 1. The predicted molar refractivity (Wildman–Crippen MR) is 69.3 cm³/mol. The van der Waals surface area contributed by atoms with Crippen LogP contribution in [-0.2, 0) is 11.3 Å². The second kappa shape index (κ2) is 6.07. The van der Waals surface area contributed by atoms with Crippen LogP contribution in [0.4, 0.5) is 0 Å². The molecule has 0 aliphatic carbocycles. The molecule has 1 aromatic carbocycles. The summed E-state index contributed by atoms with van der Waals surface area (Å²) in [6.07, 6.45) is 0. The highest BCUT2D eigenvalue weighted by Crippen LogP contribution is 2.09. The molecule has 0 unspecified atom stereocenters. The van der Waals surface area contributed by atoms with Crippen molar-refractivity contribution in [3.63, 3.8) is 0 Å². The van der Waals surface area contributed by atoms with Gasteiger partial charge in [0.15, 0.2) is 0 Å². The maximum atomic E-state index is 11.3. The smallest absolute Gasteiger partial charge is 0.219 e. The zero-order chi connectivity index (χ0) is 11.3. The maximum Gasteiger partial charge on any atom is 0.219 e. The van der Waals surface area contributed by atoms with E-state index in [1.807, 2.05) is 24.3 Å². The number of nitrogens with two attached hydrogens (primary N) is 1. The molecular formula is C11H15IN2O. The monoisotopic (exact) mass is 318 g/mol. The number of hydrogen-bond acceptors (Lipinski definition) is 2. The average Bonchev–Trinajstić information content (AvgIpc) is 2.20. The molecule has 0 aromatic heterocycles. The van der Waals surface area contributed by atoms with Crippen LogP contribution < -0.4 is 5.73 Å². The molecule has 1 amide bonds. The van der Waals surface area contributed by atoms with Crippen molar-refractivity contribution in [3.05, 3.63) is 33.4 Å². The minimum Gasteiger partial charge on any atom is -0.337 e. The Hall–Kier alpha value is -0.620. The molecule has 2 N–H and O–H groups in total. The summed E-state index contributed by atoms with van der Waals surface area (Å²) < 4.78 is 1.20. The van der Waals surface area contributed by atoms with Crippen molar-refractivity contribution in [2.75, 3.05) is 13.1 Å². The van der Waals surface area contributed by atoms with Gasteiger partial charge in [0.2, 0.25) is 5.91 Å². The molecule has 4 heteroatoms. The van der Waals surface area contributed by atoms with Gasteiger partial charge in [0.05, 0.1) is 0 Å². The van der Waals surface area contributed by atoms with Crippen LogP contribution >= 0.6 is 22.6 Å². The third kappa shape index (κ3) is 4.17. The zero-order valence-electron chi connectivity index (χ0n) is 8.74. The zero-order valence-corrected chi connectivity index (χ0v) is 10.9. The van der Waals surface area contributed by atoms with Crippen LogP contribution in [0, 0.1) is 3.57 Å². The minimum absolute atomic E-state index is 0.0685. The lowest BCUT2D eigenvalue weighted by atomic mass is 10.2. The van der Waals surface area contributed by atoms with Crippen LogP contribution in [0.2, 0.25) is 0 Å². The van der Waals surface area contributed by atoms with Gasteiger partial charge in [-0.25, -0.2) is 0 Å². The second-order valence-corrected chi connectivity index (χ2v) is 4.60. The lowest BCUT2D eigenvalue weighted by Gasteiger charge is -2.20. The van der Waals surface area contributed by atoms with Crippen LogP contribution in [-0.4, -0.2) is 23.9 Å². The summed E-state index contributed by atoms with van der Waals surface area (Å²) in [7, 11) is 0. The Balaban J connectivity index is 2.65. The van der Waals surface area contributed by atoms with Gasteiger partial charge in [-0.3, -0.25) is 4.79 Å². The molecule has 0 radical (unpaired) electrons. The lowest BCUT2D eigenvalue weighted by Crippen LogP contribution is -2.33. The van der Waals surface area contributed by atoms with Crippen molar-refractivity contribution in [1.29, 1.82) is 0 Å². The molecule has 0 fully saturated rings. The quantitative estimate of drug-likeness (QED) is 0.857. The van der Waals surface area contributed by atoms with Crippen LogP contribution in [0.3, 0.4) is 0 Å². The van der Waals surface area contributed by atoms with E-state index in [4.69, 9.17) is 5.73 Å². The van der Waals surface area contributed by atoms with Crippen LogP contribution in [0.5, 0.6) is 0 Å². The Bertz CT molecular complexity index is 324. The summed E-state index contributed by atoms with van der Waals surface area (Å²) in [6.45, 7) is 3.33. The largest absolute Gasteiger partial charge is 0.337 e. The normalized spacial score (nSPS) is 10.1. The first-order chi connectivity index (χ1) is 7.13. The van der Waals surface area contributed by atoms with Gasteiger partial charge in [0.1, 0.15) is 0 Å². The first-order valence-corrected chi connectivity index (χ1v) is 5.91. The molecule has 0 atom stereocenters. The van der Waals surface area contributed by atoms with Gasteiger partial charge >= 0.3 is 0 Å². The molecule has 82 valence electrons. The molecule has 0 bridgehead atoms. The standard InChI is InChI=1S/C11H15IN2O/c1-9(15)14(7-6-13)8-10-2-4-11(12)5-3-10/h2-5H,6-8,13H2,1H3. The van der Waals surface area contributed by atoms with Crippen LogP contribution in [0.15, 0.2) is 24.3 Å². The number of amides is 1. The first kappa shape index (κ1) is 12.4. The van der Waals surface area contributed by atoms with E-state index in [0.29, 0.717) is 19.6 Å². The van der Waals surface area contributed by atoms with Gasteiger partial charge in [-0.2, -0.15) is 0 Å². The summed E-state index contributed by atoms with van der Waals surface area (Å²) in [4.78, 5) is 13.0. The van der Waals surface area contributed by atoms with Gasteiger partial charge in [-0.05, 0) is 40.3 Å². The Morgan fingerprint density at radius 2 is 2.00 bits per heavy atom. The van der Waals surface area contributed by atoms with E-state index in [2.05, 4.69) is 22.6 Å². The van der Waals surface area contributed by atoms with Crippen LogP contribution in [0.25, 0.3) is 0 Å². The fraction of sp³-hybridized carbons (Fsp3) is 0.364. The summed E-state index contributed by atoms with van der Waals surface area (Å²) in [5, 5.41) is 0. The third-order valence-electron chi connectivity index (χ3n) is 2.13. The fourth-order valence-corrected chi connectivity index (χ4v) is 1.67. The Morgan fingerprint density at radius 3 is 2.47 bits per heavy atom. The maximum absolute atomic E-state index is 11.3. The SMILES string of the molecule is CC(=O)N(CCN)Cc1ccc(I)cc1.